The Morgan fingerprint density at radius 2 is 1.68 bits per heavy atom. The number of nitrogens with zero attached hydrogens (tertiary/aromatic N) is 5. The molecule has 2 aromatic carbocycles. The maximum absolute atomic E-state index is 13.7. The molecule has 1 aliphatic rings. The van der Waals surface area contributed by atoms with Crippen molar-refractivity contribution >= 4 is 5.82 Å². The Kier molecular flexibility index (Phi) is 7.54. The molecular weight excluding hydrogens is 429 g/mol. The van der Waals surface area contributed by atoms with Gasteiger partial charge < -0.3 is 14.9 Å². The first-order valence-electron chi connectivity index (χ1n) is 12.2. The first-order chi connectivity index (χ1) is 16.4. The van der Waals surface area contributed by atoms with Crippen LogP contribution >= 0.6 is 0 Å². The second kappa shape index (κ2) is 10.6. The third kappa shape index (κ3) is 5.26. The molecule has 2 heterocycles. The highest BCUT2D eigenvalue weighted by Gasteiger charge is 2.27. The van der Waals surface area contributed by atoms with Crippen LogP contribution in [0.5, 0.6) is 5.75 Å². The Morgan fingerprint density at radius 3 is 2.29 bits per heavy atom. The predicted octanol–water partition coefficient (Wildman–Crippen LogP) is 4.58. The van der Waals surface area contributed by atoms with Crippen LogP contribution in [0.25, 0.3) is 5.69 Å². The van der Waals surface area contributed by atoms with E-state index in [-0.39, 0.29) is 11.9 Å². The molecule has 0 radical (unpaired) electrons. The van der Waals surface area contributed by atoms with Crippen molar-refractivity contribution in [3.8, 4) is 11.4 Å². The maximum Gasteiger partial charge on any atom is 0.137 e. The van der Waals surface area contributed by atoms with Crippen LogP contribution < -0.4 is 4.90 Å². The second-order valence-electron chi connectivity index (χ2n) is 9.32. The molecule has 4 rings (SSSR count). The van der Waals surface area contributed by atoms with Crippen molar-refractivity contribution in [2.45, 2.75) is 46.8 Å². The minimum Gasteiger partial charge on any atom is -0.508 e. The molecule has 1 aliphatic heterocycles. The zero-order chi connectivity index (χ0) is 24.2. The van der Waals surface area contributed by atoms with Gasteiger partial charge in [-0.05, 0) is 57.6 Å². The average molecular weight is 466 g/mol. The molecule has 1 N–H and O–H groups in total. The molecule has 3 aromatic rings. The lowest BCUT2D eigenvalue weighted by atomic mass is 10.1. The highest BCUT2D eigenvalue weighted by molar-refractivity contribution is 5.56. The molecule has 182 valence electrons. The third-order valence-electron chi connectivity index (χ3n) is 6.80. The van der Waals surface area contributed by atoms with E-state index in [2.05, 4.69) is 42.4 Å². The zero-order valence-electron chi connectivity index (χ0n) is 20.7. The van der Waals surface area contributed by atoms with Crippen LogP contribution in [0.2, 0.25) is 0 Å². The van der Waals surface area contributed by atoms with Crippen LogP contribution in [0.4, 0.5) is 10.2 Å². The molecule has 34 heavy (non-hydrogen) atoms. The highest BCUT2D eigenvalue weighted by Crippen LogP contribution is 2.31. The standard InChI is InChI=1S/C27H36FN5O/c1-5-30-14-16-31(17-15-30)27-25(21(4)29-33(27)24-12-10-23(28)11-13-24)19-32(20(2)3)18-22-8-6-7-9-26(22)34/h6-13,20,34H,5,14-19H2,1-4H3. The van der Waals surface area contributed by atoms with Crippen molar-refractivity contribution in [2.75, 3.05) is 37.6 Å². The fourth-order valence-electron chi connectivity index (χ4n) is 4.58. The lowest BCUT2D eigenvalue weighted by Crippen LogP contribution is -2.47. The lowest BCUT2D eigenvalue weighted by Gasteiger charge is -2.36. The minimum atomic E-state index is -0.250. The predicted molar refractivity (Wildman–Crippen MR) is 135 cm³/mol. The SMILES string of the molecule is CCN1CCN(c2c(CN(Cc3ccccc3O)C(C)C)c(C)nn2-c2ccc(F)cc2)CC1. The number of aryl methyl sites for hydroxylation is 1. The van der Waals surface area contributed by atoms with Crippen molar-refractivity contribution in [3.63, 3.8) is 0 Å². The highest BCUT2D eigenvalue weighted by atomic mass is 19.1. The van der Waals surface area contributed by atoms with E-state index in [4.69, 9.17) is 5.10 Å². The summed E-state index contributed by atoms with van der Waals surface area (Å²) in [6.45, 7) is 14.9. The number of aromatic nitrogens is 2. The summed E-state index contributed by atoms with van der Waals surface area (Å²) in [5, 5.41) is 15.3. The first kappa shape index (κ1) is 24.2. The quantitative estimate of drug-likeness (QED) is 0.528. The molecule has 0 amide bonds. The normalized spacial score (nSPS) is 15.0. The number of piperazine rings is 1. The molecule has 7 heteroatoms. The Morgan fingerprint density at radius 1 is 1.00 bits per heavy atom. The second-order valence-corrected chi connectivity index (χ2v) is 9.32. The molecule has 1 fully saturated rings. The summed E-state index contributed by atoms with van der Waals surface area (Å²) in [4.78, 5) is 7.24. The Bertz CT molecular complexity index is 1090. The molecule has 0 bridgehead atoms. The van der Waals surface area contributed by atoms with Gasteiger partial charge in [0.25, 0.3) is 0 Å². The van der Waals surface area contributed by atoms with Crippen molar-refractivity contribution in [1.29, 1.82) is 0 Å². The molecule has 0 atom stereocenters. The molecule has 0 aliphatic carbocycles. The van der Waals surface area contributed by atoms with Gasteiger partial charge in [0.05, 0.1) is 11.4 Å². The average Bonchev–Trinajstić information content (AvgIpc) is 3.16. The first-order valence-corrected chi connectivity index (χ1v) is 12.2. The largest absolute Gasteiger partial charge is 0.508 e. The van der Waals surface area contributed by atoms with E-state index in [1.54, 1.807) is 18.2 Å². The number of anilines is 1. The van der Waals surface area contributed by atoms with E-state index in [9.17, 15) is 9.50 Å². The van der Waals surface area contributed by atoms with Crippen molar-refractivity contribution in [1.82, 2.24) is 19.6 Å². The van der Waals surface area contributed by atoms with Gasteiger partial charge in [-0.3, -0.25) is 4.90 Å². The van der Waals surface area contributed by atoms with E-state index >= 15 is 0 Å². The van der Waals surface area contributed by atoms with Gasteiger partial charge in [0.15, 0.2) is 0 Å². The number of hydrogen-bond donors (Lipinski definition) is 1. The van der Waals surface area contributed by atoms with Crippen LogP contribution in [0.1, 0.15) is 37.6 Å². The van der Waals surface area contributed by atoms with Crippen molar-refractivity contribution in [2.24, 2.45) is 0 Å². The van der Waals surface area contributed by atoms with Gasteiger partial charge in [0.2, 0.25) is 0 Å². The maximum atomic E-state index is 13.7. The van der Waals surface area contributed by atoms with Crippen LogP contribution in [0.3, 0.4) is 0 Å². The van der Waals surface area contributed by atoms with E-state index in [1.165, 1.54) is 17.7 Å². The number of halogens is 1. The van der Waals surface area contributed by atoms with E-state index in [1.807, 2.05) is 22.9 Å². The van der Waals surface area contributed by atoms with Gasteiger partial charge in [-0.25, -0.2) is 9.07 Å². The number of hydrogen-bond acceptors (Lipinski definition) is 5. The number of likely N-dealkylation sites (N-methyl/N-ethyl adjacent to an activating group) is 1. The van der Waals surface area contributed by atoms with Crippen LogP contribution in [-0.4, -0.2) is 63.5 Å². The Labute approximate surface area is 202 Å². The number of phenols is 1. The molecule has 6 nitrogen and oxygen atoms in total. The van der Waals surface area contributed by atoms with E-state index in [0.717, 1.165) is 55.5 Å². The minimum absolute atomic E-state index is 0.250. The summed E-state index contributed by atoms with van der Waals surface area (Å²) in [5.41, 5.74) is 3.93. The lowest BCUT2D eigenvalue weighted by molar-refractivity contribution is 0.201. The monoisotopic (exact) mass is 465 g/mol. The smallest absolute Gasteiger partial charge is 0.137 e. The number of para-hydroxylation sites is 1. The van der Waals surface area contributed by atoms with Gasteiger partial charge in [-0.2, -0.15) is 5.10 Å². The molecule has 0 spiro atoms. The van der Waals surface area contributed by atoms with Crippen LogP contribution in [-0.2, 0) is 13.1 Å². The zero-order valence-corrected chi connectivity index (χ0v) is 20.7. The molecule has 0 unspecified atom stereocenters. The Balaban J connectivity index is 1.71. The summed E-state index contributed by atoms with van der Waals surface area (Å²) in [5.74, 6) is 1.16. The fraction of sp³-hybridized carbons (Fsp3) is 0.444. The topological polar surface area (TPSA) is 47.8 Å². The third-order valence-corrected chi connectivity index (χ3v) is 6.80. The molecule has 1 saturated heterocycles. The van der Waals surface area contributed by atoms with E-state index < -0.39 is 0 Å². The number of aromatic hydroxyl groups is 1. The number of rotatable bonds is 8. The van der Waals surface area contributed by atoms with E-state index in [0.29, 0.717) is 18.8 Å². The summed E-state index contributed by atoms with van der Waals surface area (Å²) in [7, 11) is 0. The van der Waals surface area contributed by atoms with Gasteiger partial charge in [-0.15, -0.1) is 0 Å². The van der Waals surface area contributed by atoms with Crippen LogP contribution in [0.15, 0.2) is 48.5 Å². The number of benzene rings is 2. The van der Waals surface area contributed by atoms with Gasteiger partial charge in [0.1, 0.15) is 17.4 Å². The van der Waals surface area contributed by atoms with Crippen LogP contribution in [0, 0.1) is 12.7 Å². The summed E-state index contributed by atoms with van der Waals surface area (Å²) in [6.07, 6.45) is 0. The van der Waals surface area contributed by atoms with Gasteiger partial charge in [-0.1, -0.05) is 25.1 Å². The van der Waals surface area contributed by atoms with Crippen molar-refractivity contribution < 1.29 is 9.50 Å². The fourth-order valence-corrected chi connectivity index (χ4v) is 4.58. The Hall–Kier alpha value is -2.90. The molecular formula is C27H36FN5O. The molecule has 0 saturated carbocycles. The summed E-state index contributed by atoms with van der Waals surface area (Å²) in [6, 6.07) is 14.4. The summed E-state index contributed by atoms with van der Waals surface area (Å²) >= 11 is 0. The van der Waals surface area contributed by atoms with Crippen molar-refractivity contribution in [3.05, 3.63) is 71.2 Å². The van der Waals surface area contributed by atoms with Gasteiger partial charge in [0, 0.05) is 56.4 Å². The number of phenolic OH excluding ortho intramolecular Hbond substituents is 1. The van der Waals surface area contributed by atoms with Gasteiger partial charge >= 0.3 is 0 Å². The molecule has 1 aromatic heterocycles. The summed E-state index contributed by atoms with van der Waals surface area (Å²) < 4.78 is 15.6.